The Balaban J connectivity index is 1.57. The van der Waals surface area contributed by atoms with E-state index in [1.807, 2.05) is 0 Å². The molecule has 0 atom stereocenters. The van der Waals surface area contributed by atoms with E-state index in [1.165, 1.54) is 44.2 Å². The molecule has 0 bridgehead atoms. The summed E-state index contributed by atoms with van der Waals surface area (Å²) in [5.41, 5.74) is 0.290. The van der Waals surface area contributed by atoms with Crippen molar-refractivity contribution in [2.45, 2.75) is 61.6 Å². The molecule has 0 amide bonds. The van der Waals surface area contributed by atoms with Gasteiger partial charge < -0.3 is 10.2 Å². The number of hydrogen-bond acceptors (Lipinski definition) is 4. The number of likely N-dealkylation sites (tertiary alicyclic amines) is 1. The number of para-hydroxylation sites is 1. The van der Waals surface area contributed by atoms with Gasteiger partial charge in [0.25, 0.3) is 0 Å². The van der Waals surface area contributed by atoms with Gasteiger partial charge in [0.05, 0.1) is 10.6 Å². The average molecular weight is 387 g/mol. The number of halogens is 2. The summed E-state index contributed by atoms with van der Waals surface area (Å²) in [5, 5.41) is 3.20. The predicted molar refractivity (Wildman–Crippen MR) is 99.3 cm³/mol. The molecule has 1 N–H and O–H groups in total. The molecule has 0 radical (unpaired) electrons. The lowest BCUT2D eigenvalue weighted by atomic mass is 9.88. The van der Waals surface area contributed by atoms with Crippen LogP contribution in [0.15, 0.2) is 29.2 Å². The molecule has 2 aliphatic rings. The van der Waals surface area contributed by atoms with Crippen LogP contribution in [0.1, 0.15) is 44.9 Å². The van der Waals surface area contributed by atoms with E-state index in [1.54, 1.807) is 12.1 Å². The molecule has 1 aromatic carbocycles. The number of benzene rings is 1. The van der Waals surface area contributed by atoms with Crippen LogP contribution < -0.4 is 5.32 Å². The number of hydrogen-bond donors (Lipinski definition) is 1. The van der Waals surface area contributed by atoms with Crippen molar-refractivity contribution in [1.82, 2.24) is 4.90 Å². The lowest BCUT2D eigenvalue weighted by Crippen LogP contribution is -2.41. The van der Waals surface area contributed by atoms with Crippen LogP contribution in [0.5, 0.6) is 0 Å². The van der Waals surface area contributed by atoms with Crippen molar-refractivity contribution >= 4 is 15.5 Å². The van der Waals surface area contributed by atoms with Gasteiger partial charge in [-0.1, -0.05) is 31.4 Å². The fourth-order valence-electron chi connectivity index (χ4n) is 4.14. The van der Waals surface area contributed by atoms with Crippen LogP contribution in [0.4, 0.5) is 14.5 Å². The summed E-state index contributed by atoms with van der Waals surface area (Å²) < 4.78 is 49.6. The number of rotatable bonds is 6. The first-order valence-corrected chi connectivity index (χ1v) is 11.1. The maximum Gasteiger partial charge on any atom is 0.341 e. The van der Waals surface area contributed by atoms with Crippen LogP contribution in [0.2, 0.25) is 0 Å². The minimum absolute atomic E-state index is 0.117. The molecule has 1 aliphatic carbocycles. The molecule has 4 nitrogen and oxygen atoms in total. The zero-order valence-electron chi connectivity index (χ0n) is 15.0. The highest BCUT2D eigenvalue weighted by molar-refractivity contribution is 7.91. The van der Waals surface area contributed by atoms with Gasteiger partial charge in [-0.05, 0) is 43.7 Å². The number of anilines is 1. The van der Waals surface area contributed by atoms with E-state index < -0.39 is 15.6 Å². The summed E-state index contributed by atoms with van der Waals surface area (Å²) in [6, 6.07) is 6.09. The molecule has 1 heterocycles. The molecule has 0 unspecified atom stereocenters. The second-order valence-electron chi connectivity index (χ2n) is 7.53. The Hall–Kier alpha value is -1.21. The number of nitrogens with one attached hydrogen (secondary N) is 1. The largest absolute Gasteiger partial charge is 0.381 e. The molecule has 26 heavy (non-hydrogen) atoms. The Bertz CT molecular complexity index is 683. The van der Waals surface area contributed by atoms with Gasteiger partial charge in [-0.15, -0.1) is 0 Å². The Morgan fingerprint density at radius 1 is 1.04 bits per heavy atom. The summed E-state index contributed by atoms with van der Waals surface area (Å²) >= 11 is 0. The summed E-state index contributed by atoms with van der Waals surface area (Å²) in [4.78, 5) is 2.19. The van der Waals surface area contributed by atoms with Crippen LogP contribution >= 0.6 is 0 Å². The molecule has 0 spiro atoms. The molecule has 146 valence electrons. The van der Waals surface area contributed by atoms with Crippen LogP contribution in [-0.4, -0.2) is 44.8 Å². The van der Waals surface area contributed by atoms with Crippen molar-refractivity contribution in [2.75, 3.05) is 25.0 Å². The minimum Gasteiger partial charge on any atom is -0.381 e. The number of sulfone groups is 1. The molecule has 2 fully saturated rings. The third-order valence-corrected chi connectivity index (χ3v) is 7.05. The van der Waals surface area contributed by atoms with E-state index in [0.717, 1.165) is 38.4 Å². The SMILES string of the molecule is O=S(=O)(c1ccccc1NC1CCN(CC2CCCCC2)CC1)C(F)F. The van der Waals surface area contributed by atoms with Crippen molar-refractivity contribution in [3.05, 3.63) is 24.3 Å². The summed E-state index contributed by atoms with van der Waals surface area (Å²) in [7, 11) is -4.59. The van der Waals surface area contributed by atoms with Crippen molar-refractivity contribution in [2.24, 2.45) is 5.92 Å². The minimum atomic E-state index is -4.59. The Morgan fingerprint density at radius 2 is 1.69 bits per heavy atom. The van der Waals surface area contributed by atoms with Gasteiger partial charge in [0.2, 0.25) is 9.84 Å². The Kier molecular flexibility index (Phi) is 6.51. The van der Waals surface area contributed by atoms with Gasteiger partial charge >= 0.3 is 5.76 Å². The zero-order valence-corrected chi connectivity index (χ0v) is 15.9. The molecule has 3 rings (SSSR count). The maximum absolute atomic E-state index is 12.9. The van der Waals surface area contributed by atoms with Crippen LogP contribution in [0, 0.1) is 5.92 Å². The van der Waals surface area contributed by atoms with Crippen molar-refractivity contribution in [3.8, 4) is 0 Å². The van der Waals surface area contributed by atoms with E-state index in [2.05, 4.69) is 10.2 Å². The first kappa shape index (κ1) is 19.5. The van der Waals surface area contributed by atoms with Gasteiger partial charge in [0.15, 0.2) is 0 Å². The van der Waals surface area contributed by atoms with Crippen molar-refractivity contribution in [3.63, 3.8) is 0 Å². The number of alkyl halides is 2. The monoisotopic (exact) mass is 386 g/mol. The van der Waals surface area contributed by atoms with Gasteiger partial charge in [-0.3, -0.25) is 0 Å². The molecule has 1 aliphatic heterocycles. The van der Waals surface area contributed by atoms with Gasteiger partial charge in [0.1, 0.15) is 0 Å². The van der Waals surface area contributed by atoms with Crippen LogP contribution in [0.25, 0.3) is 0 Å². The standard InChI is InChI=1S/C19H28F2N2O2S/c20-19(21)26(24,25)18-9-5-4-8-17(18)22-16-10-12-23(13-11-16)14-15-6-2-1-3-7-15/h4-5,8-9,15-16,19,22H,1-3,6-7,10-14H2. The van der Waals surface area contributed by atoms with Gasteiger partial charge in [-0.25, -0.2) is 8.42 Å². The number of piperidine rings is 1. The highest BCUT2D eigenvalue weighted by Crippen LogP contribution is 2.29. The Labute approximate surface area is 154 Å². The fraction of sp³-hybridized carbons (Fsp3) is 0.684. The van der Waals surface area contributed by atoms with Gasteiger partial charge in [0, 0.05) is 25.7 Å². The van der Waals surface area contributed by atoms with E-state index in [-0.39, 0.29) is 10.9 Å². The molecular weight excluding hydrogens is 358 g/mol. The number of nitrogens with zero attached hydrogens (tertiary/aromatic N) is 1. The predicted octanol–water partition coefficient (Wildman–Crippen LogP) is 4.14. The zero-order chi connectivity index (χ0) is 18.6. The lowest BCUT2D eigenvalue weighted by molar-refractivity contribution is 0.168. The third kappa shape index (κ3) is 4.74. The average Bonchev–Trinajstić information content (AvgIpc) is 2.64. The van der Waals surface area contributed by atoms with Crippen molar-refractivity contribution in [1.29, 1.82) is 0 Å². The van der Waals surface area contributed by atoms with Gasteiger partial charge in [-0.2, -0.15) is 8.78 Å². The molecule has 0 aromatic heterocycles. The van der Waals surface area contributed by atoms with E-state index >= 15 is 0 Å². The second-order valence-corrected chi connectivity index (χ2v) is 9.41. The summed E-state index contributed by atoms with van der Waals surface area (Å²) in [6.45, 7) is 3.10. The summed E-state index contributed by atoms with van der Waals surface area (Å²) in [6.07, 6.45) is 8.51. The fourth-order valence-corrected chi connectivity index (χ4v) is 5.04. The molecule has 1 saturated heterocycles. The topological polar surface area (TPSA) is 49.4 Å². The normalized spacial score (nSPS) is 21.2. The molecule has 1 saturated carbocycles. The Morgan fingerprint density at radius 3 is 2.35 bits per heavy atom. The van der Waals surface area contributed by atoms with Crippen molar-refractivity contribution < 1.29 is 17.2 Å². The van der Waals surface area contributed by atoms with Crippen LogP contribution in [-0.2, 0) is 9.84 Å². The van der Waals surface area contributed by atoms with E-state index in [9.17, 15) is 17.2 Å². The molecule has 1 aromatic rings. The molecular formula is C19H28F2N2O2S. The third-order valence-electron chi connectivity index (χ3n) is 5.62. The highest BCUT2D eigenvalue weighted by atomic mass is 32.2. The first-order valence-electron chi connectivity index (χ1n) is 9.57. The van der Waals surface area contributed by atoms with Crippen LogP contribution in [0.3, 0.4) is 0 Å². The quantitative estimate of drug-likeness (QED) is 0.798. The first-order chi connectivity index (χ1) is 12.5. The van der Waals surface area contributed by atoms with E-state index in [4.69, 9.17) is 0 Å². The van der Waals surface area contributed by atoms with E-state index in [0.29, 0.717) is 5.69 Å². The molecule has 7 heteroatoms. The lowest BCUT2D eigenvalue weighted by Gasteiger charge is -2.36. The maximum atomic E-state index is 12.9. The summed E-state index contributed by atoms with van der Waals surface area (Å²) in [5.74, 6) is -2.59. The smallest absolute Gasteiger partial charge is 0.341 e. The highest BCUT2D eigenvalue weighted by Gasteiger charge is 2.30. The second kappa shape index (κ2) is 8.65.